The van der Waals surface area contributed by atoms with Gasteiger partial charge in [0.2, 0.25) is 0 Å². The summed E-state index contributed by atoms with van der Waals surface area (Å²) >= 11 is 0. The molecule has 1 N–H and O–H groups in total. The fourth-order valence-electron chi connectivity index (χ4n) is 1.75. The molecule has 0 unspecified atom stereocenters. The third-order valence-electron chi connectivity index (χ3n) is 2.80. The third kappa shape index (κ3) is 2.59. The number of carboxylic acid groups (broad SMARTS) is 1. The average Bonchev–Trinajstić information content (AvgIpc) is 2.42. The maximum Gasteiger partial charge on any atom is 0.336 e. The standard InChI is InChI=1S/C15H10FNO3/c1-9-12(15(18)19)3-2-4-13(9)20-14-6-5-11(16)7-10(14)8-17/h2-7H,1H3,(H,18,19). The number of carbonyl (C=O) groups is 1. The summed E-state index contributed by atoms with van der Waals surface area (Å²) in [7, 11) is 0. The summed E-state index contributed by atoms with van der Waals surface area (Å²) in [5.41, 5.74) is 0.599. The van der Waals surface area contributed by atoms with Gasteiger partial charge in [0.1, 0.15) is 23.4 Å². The van der Waals surface area contributed by atoms with Crippen molar-refractivity contribution in [2.24, 2.45) is 0 Å². The normalized spacial score (nSPS) is 9.85. The summed E-state index contributed by atoms with van der Waals surface area (Å²) in [4.78, 5) is 11.0. The largest absolute Gasteiger partial charge is 0.478 e. The lowest BCUT2D eigenvalue weighted by Crippen LogP contribution is -2.01. The number of nitrogens with zero attached hydrogens (tertiary/aromatic N) is 1. The predicted octanol–water partition coefficient (Wildman–Crippen LogP) is 3.50. The first-order chi connectivity index (χ1) is 9.52. The number of carboxylic acids is 1. The molecule has 0 aliphatic carbocycles. The van der Waals surface area contributed by atoms with Crippen LogP contribution in [0.4, 0.5) is 4.39 Å². The lowest BCUT2D eigenvalue weighted by Gasteiger charge is -2.11. The van der Waals surface area contributed by atoms with Crippen molar-refractivity contribution >= 4 is 5.97 Å². The monoisotopic (exact) mass is 271 g/mol. The van der Waals surface area contributed by atoms with Gasteiger partial charge in [0.15, 0.2) is 0 Å². The number of benzene rings is 2. The summed E-state index contributed by atoms with van der Waals surface area (Å²) < 4.78 is 18.6. The van der Waals surface area contributed by atoms with Crippen molar-refractivity contribution in [2.45, 2.75) is 6.92 Å². The molecule has 0 radical (unpaired) electrons. The van der Waals surface area contributed by atoms with Gasteiger partial charge in [-0.05, 0) is 37.3 Å². The number of hydrogen-bond acceptors (Lipinski definition) is 3. The van der Waals surface area contributed by atoms with E-state index in [1.165, 1.54) is 18.2 Å². The van der Waals surface area contributed by atoms with Crippen molar-refractivity contribution in [3.05, 3.63) is 58.9 Å². The molecule has 2 aromatic rings. The Kier molecular flexibility index (Phi) is 3.67. The highest BCUT2D eigenvalue weighted by Crippen LogP contribution is 2.29. The molecule has 0 bridgehead atoms. The molecular formula is C15H10FNO3. The van der Waals surface area contributed by atoms with E-state index < -0.39 is 11.8 Å². The number of aromatic carboxylic acids is 1. The highest BCUT2D eigenvalue weighted by molar-refractivity contribution is 5.90. The molecule has 100 valence electrons. The lowest BCUT2D eigenvalue weighted by molar-refractivity contribution is 0.0695. The number of rotatable bonds is 3. The van der Waals surface area contributed by atoms with Crippen LogP contribution in [-0.4, -0.2) is 11.1 Å². The lowest BCUT2D eigenvalue weighted by atomic mass is 10.1. The molecule has 0 saturated carbocycles. The Morgan fingerprint density at radius 1 is 1.30 bits per heavy atom. The van der Waals surface area contributed by atoms with Crippen LogP contribution in [0.15, 0.2) is 36.4 Å². The second kappa shape index (κ2) is 5.41. The predicted molar refractivity (Wildman–Crippen MR) is 69.3 cm³/mol. The van der Waals surface area contributed by atoms with Gasteiger partial charge >= 0.3 is 5.97 Å². The Hall–Kier alpha value is -2.87. The highest BCUT2D eigenvalue weighted by atomic mass is 19.1. The Bertz CT molecular complexity index is 720. The van der Waals surface area contributed by atoms with E-state index in [0.29, 0.717) is 11.3 Å². The fourth-order valence-corrected chi connectivity index (χ4v) is 1.75. The van der Waals surface area contributed by atoms with Crippen molar-refractivity contribution in [3.8, 4) is 17.6 Å². The number of ether oxygens (including phenoxy) is 1. The zero-order valence-corrected chi connectivity index (χ0v) is 10.6. The van der Waals surface area contributed by atoms with E-state index in [1.807, 2.05) is 6.07 Å². The Morgan fingerprint density at radius 2 is 2.05 bits per heavy atom. The minimum atomic E-state index is -1.06. The van der Waals surface area contributed by atoms with Gasteiger partial charge in [0.05, 0.1) is 11.1 Å². The first-order valence-corrected chi connectivity index (χ1v) is 5.73. The van der Waals surface area contributed by atoms with Crippen LogP contribution in [0.3, 0.4) is 0 Å². The van der Waals surface area contributed by atoms with E-state index >= 15 is 0 Å². The van der Waals surface area contributed by atoms with Gasteiger partial charge in [-0.25, -0.2) is 9.18 Å². The second-order valence-electron chi connectivity index (χ2n) is 4.09. The van der Waals surface area contributed by atoms with Crippen LogP contribution >= 0.6 is 0 Å². The minimum absolute atomic E-state index is 0.0464. The molecule has 4 nitrogen and oxygen atoms in total. The molecule has 0 aromatic heterocycles. The average molecular weight is 271 g/mol. The van der Waals surface area contributed by atoms with Crippen LogP contribution in [0.5, 0.6) is 11.5 Å². The van der Waals surface area contributed by atoms with Crippen molar-refractivity contribution in [1.29, 1.82) is 5.26 Å². The van der Waals surface area contributed by atoms with Gasteiger partial charge in [0, 0.05) is 5.56 Å². The van der Waals surface area contributed by atoms with E-state index in [4.69, 9.17) is 15.1 Å². The minimum Gasteiger partial charge on any atom is -0.478 e. The van der Waals surface area contributed by atoms with E-state index in [1.54, 1.807) is 19.1 Å². The second-order valence-corrected chi connectivity index (χ2v) is 4.09. The Morgan fingerprint density at radius 3 is 2.70 bits per heavy atom. The highest BCUT2D eigenvalue weighted by Gasteiger charge is 2.13. The maximum absolute atomic E-state index is 13.0. The van der Waals surface area contributed by atoms with E-state index in [0.717, 1.165) is 6.07 Å². The SMILES string of the molecule is Cc1c(Oc2ccc(F)cc2C#N)cccc1C(=O)O. The summed E-state index contributed by atoms with van der Waals surface area (Å²) in [5.74, 6) is -1.11. The molecule has 2 rings (SSSR count). The molecule has 0 fully saturated rings. The van der Waals surface area contributed by atoms with Gasteiger partial charge in [-0.2, -0.15) is 5.26 Å². The molecule has 0 spiro atoms. The molecule has 0 aliphatic heterocycles. The summed E-state index contributed by atoms with van der Waals surface area (Å²) in [6.07, 6.45) is 0. The van der Waals surface area contributed by atoms with Crippen molar-refractivity contribution in [3.63, 3.8) is 0 Å². The Balaban J connectivity index is 2.44. The van der Waals surface area contributed by atoms with E-state index in [2.05, 4.69) is 0 Å². The number of hydrogen-bond donors (Lipinski definition) is 1. The van der Waals surface area contributed by atoms with Crippen LogP contribution in [-0.2, 0) is 0 Å². The van der Waals surface area contributed by atoms with Gasteiger partial charge in [0.25, 0.3) is 0 Å². The van der Waals surface area contributed by atoms with Crippen molar-refractivity contribution in [2.75, 3.05) is 0 Å². The topological polar surface area (TPSA) is 70.3 Å². The van der Waals surface area contributed by atoms with Crippen molar-refractivity contribution < 1.29 is 19.0 Å². The number of nitriles is 1. The molecule has 0 heterocycles. The molecule has 2 aromatic carbocycles. The van der Waals surface area contributed by atoms with Gasteiger partial charge < -0.3 is 9.84 Å². The molecule has 0 atom stereocenters. The van der Waals surface area contributed by atoms with Gasteiger partial charge in [-0.3, -0.25) is 0 Å². The smallest absolute Gasteiger partial charge is 0.336 e. The van der Waals surface area contributed by atoms with Crippen LogP contribution in [0.2, 0.25) is 0 Å². The molecule has 0 saturated heterocycles. The summed E-state index contributed by atoms with van der Waals surface area (Å²) in [6.45, 7) is 1.61. The molecule has 0 aliphatic rings. The summed E-state index contributed by atoms with van der Waals surface area (Å²) in [6, 6.07) is 9.99. The van der Waals surface area contributed by atoms with Crippen LogP contribution in [0.1, 0.15) is 21.5 Å². The van der Waals surface area contributed by atoms with Crippen LogP contribution < -0.4 is 4.74 Å². The first-order valence-electron chi connectivity index (χ1n) is 5.73. The van der Waals surface area contributed by atoms with E-state index in [9.17, 15) is 9.18 Å². The first kappa shape index (κ1) is 13.6. The van der Waals surface area contributed by atoms with Gasteiger partial charge in [-0.1, -0.05) is 6.07 Å². The van der Waals surface area contributed by atoms with E-state index in [-0.39, 0.29) is 16.9 Å². The third-order valence-corrected chi connectivity index (χ3v) is 2.80. The zero-order valence-electron chi connectivity index (χ0n) is 10.6. The maximum atomic E-state index is 13.0. The molecule has 5 heteroatoms. The zero-order chi connectivity index (χ0) is 14.7. The van der Waals surface area contributed by atoms with Crippen LogP contribution in [0, 0.1) is 24.1 Å². The molecular weight excluding hydrogens is 261 g/mol. The van der Waals surface area contributed by atoms with Crippen molar-refractivity contribution in [1.82, 2.24) is 0 Å². The molecule has 20 heavy (non-hydrogen) atoms. The quantitative estimate of drug-likeness (QED) is 0.927. The fraction of sp³-hybridized carbons (Fsp3) is 0.0667. The van der Waals surface area contributed by atoms with Gasteiger partial charge in [-0.15, -0.1) is 0 Å². The number of halogens is 1. The summed E-state index contributed by atoms with van der Waals surface area (Å²) in [5, 5.41) is 18.0. The van der Waals surface area contributed by atoms with Crippen LogP contribution in [0.25, 0.3) is 0 Å². The molecule has 0 amide bonds. The Labute approximate surface area is 114 Å².